The number of nitrogens with one attached hydrogen (secondary N) is 2. The van der Waals surface area contributed by atoms with Gasteiger partial charge in [-0.1, -0.05) is 42.5 Å². The van der Waals surface area contributed by atoms with Crippen molar-refractivity contribution in [2.45, 2.75) is 26.3 Å². The number of benzene rings is 2. The minimum atomic E-state index is -0.884. The number of rotatable bonds is 9. The molecule has 0 aliphatic heterocycles. The van der Waals surface area contributed by atoms with Gasteiger partial charge < -0.3 is 20.1 Å². The minimum absolute atomic E-state index is 0.0939. The largest absolute Gasteiger partial charge is 0.464 e. The molecule has 0 aromatic heterocycles. The average molecular weight is 412 g/mol. The van der Waals surface area contributed by atoms with Gasteiger partial charge in [0, 0.05) is 13.3 Å². The molecule has 0 spiro atoms. The number of amides is 2. The highest BCUT2D eigenvalue weighted by atomic mass is 16.5. The molecule has 2 aromatic rings. The molecule has 2 N–H and O–H groups in total. The third-order valence-electron chi connectivity index (χ3n) is 3.98. The highest BCUT2D eigenvalue weighted by molar-refractivity contribution is 5.99. The van der Waals surface area contributed by atoms with Crippen LogP contribution in [0.4, 0.5) is 0 Å². The van der Waals surface area contributed by atoms with Gasteiger partial charge in [-0.3, -0.25) is 14.4 Å². The molecular weight excluding hydrogens is 388 g/mol. The summed E-state index contributed by atoms with van der Waals surface area (Å²) in [7, 11) is 0. The van der Waals surface area contributed by atoms with Crippen LogP contribution in [0.5, 0.6) is 5.75 Å². The number of esters is 2. The van der Waals surface area contributed by atoms with Crippen molar-refractivity contribution in [3.63, 3.8) is 0 Å². The summed E-state index contributed by atoms with van der Waals surface area (Å²) in [5.74, 6) is -2.16. The minimum Gasteiger partial charge on any atom is -0.464 e. The lowest BCUT2D eigenvalue weighted by Gasteiger charge is -2.18. The maximum absolute atomic E-state index is 12.4. The Bertz CT molecular complexity index is 898. The van der Waals surface area contributed by atoms with Gasteiger partial charge in [0.15, 0.2) is 0 Å². The normalized spacial score (nSPS) is 11.1. The van der Waals surface area contributed by atoms with Crippen LogP contribution < -0.4 is 15.4 Å². The molecule has 0 radical (unpaired) electrons. The van der Waals surface area contributed by atoms with Crippen LogP contribution >= 0.6 is 0 Å². The Morgan fingerprint density at radius 2 is 1.63 bits per heavy atom. The highest BCUT2D eigenvalue weighted by Gasteiger charge is 2.23. The molecule has 2 amide bonds. The molecule has 0 unspecified atom stereocenters. The van der Waals surface area contributed by atoms with Crippen LogP contribution in [0.1, 0.15) is 29.8 Å². The van der Waals surface area contributed by atoms with Gasteiger partial charge in [-0.15, -0.1) is 0 Å². The molecule has 0 aliphatic carbocycles. The molecule has 0 aliphatic rings. The predicted molar refractivity (Wildman–Crippen MR) is 109 cm³/mol. The summed E-state index contributed by atoms with van der Waals surface area (Å²) in [4.78, 5) is 48.1. The topological polar surface area (TPSA) is 111 Å². The third kappa shape index (κ3) is 7.05. The standard InChI is InChI=1S/C22H24N2O6/c1-3-29-22(28)18(13-16-9-5-4-6-10-16)24-20(26)14-23-21(27)17-11-7-8-12-19(17)30-15(2)25/h4-12,18H,3,13-14H2,1-2H3,(H,23,27)(H,24,26)/t18-/m0/s1. The summed E-state index contributed by atoms with van der Waals surface area (Å²) >= 11 is 0. The third-order valence-corrected chi connectivity index (χ3v) is 3.98. The fraction of sp³-hybridized carbons (Fsp3) is 0.273. The van der Waals surface area contributed by atoms with Gasteiger partial charge in [0.05, 0.1) is 18.7 Å². The average Bonchev–Trinajstić information content (AvgIpc) is 2.72. The molecule has 0 fully saturated rings. The number of para-hydroxylation sites is 1. The SMILES string of the molecule is CCOC(=O)[C@H](Cc1ccccc1)NC(=O)CNC(=O)c1ccccc1OC(C)=O. The molecule has 0 saturated carbocycles. The Hall–Kier alpha value is -3.68. The van der Waals surface area contributed by atoms with Gasteiger partial charge in [0.25, 0.3) is 5.91 Å². The lowest BCUT2D eigenvalue weighted by molar-refractivity contribution is -0.147. The van der Waals surface area contributed by atoms with Crippen LogP contribution in [0.2, 0.25) is 0 Å². The van der Waals surface area contributed by atoms with E-state index >= 15 is 0 Å². The van der Waals surface area contributed by atoms with Gasteiger partial charge in [-0.05, 0) is 24.6 Å². The number of carbonyl (C=O) groups is 4. The van der Waals surface area contributed by atoms with E-state index in [2.05, 4.69) is 10.6 Å². The quantitative estimate of drug-likeness (QED) is 0.478. The van der Waals surface area contributed by atoms with Gasteiger partial charge in [0.2, 0.25) is 5.91 Å². The number of ether oxygens (including phenoxy) is 2. The number of carbonyl (C=O) groups excluding carboxylic acids is 4. The molecule has 158 valence electrons. The Kier molecular flexibility index (Phi) is 8.56. The van der Waals surface area contributed by atoms with Gasteiger partial charge >= 0.3 is 11.9 Å². The van der Waals surface area contributed by atoms with Crippen molar-refractivity contribution < 1.29 is 28.7 Å². The van der Waals surface area contributed by atoms with Gasteiger partial charge in [0.1, 0.15) is 11.8 Å². The second-order valence-corrected chi connectivity index (χ2v) is 6.33. The van der Waals surface area contributed by atoms with Crippen LogP contribution in [0.3, 0.4) is 0 Å². The first-order chi connectivity index (χ1) is 14.4. The van der Waals surface area contributed by atoms with E-state index in [1.165, 1.54) is 19.1 Å². The summed E-state index contributed by atoms with van der Waals surface area (Å²) in [5, 5.41) is 5.05. The maximum atomic E-state index is 12.4. The van der Waals surface area contributed by atoms with E-state index in [-0.39, 0.29) is 30.9 Å². The van der Waals surface area contributed by atoms with Gasteiger partial charge in [-0.25, -0.2) is 4.79 Å². The van der Waals surface area contributed by atoms with E-state index < -0.39 is 29.8 Å². The zero-order chi connectivity index (χ0) is 21.9. The second kappa shape index (κ2) is 11.4. The monoisotopic (exact) mass is 412 g/mol. The van der Waals surface area contributed by atoms with E-state index in [1.807, 2.05) is 30.3 Å². The molecule has 30 heavy (non-hydrogen) atoms. The first-order valence-corrected chi connectivity index (χ1v) is 9.46. The smallest absolute Gasteiger partial charge is 0.328 e. The van der Waals surface area contributed by atoms with E-state index in [0.717, 1.165) is 5.56 Å². The van der Waals surface area contributed by atoms with Gasteiger partial charge in [-0.2, -0.15) is 0 Å². The Morgan fingerprint density at radius 1 is 0.967 bits per heavy atom. The van der Waals surface area contributed by atoms with E-state index in [4.69, 9.17) is 9.47 Å². The zero-order valence-corrected chi connectivity index (χ0v) is 16.8. The summed E-state index contributed by atoms with van der Waals surface area (Å²) in [6, 6.07) is 14.5. The van der Waals surface area contributed by atoms with Crippen LogP contribution in [0, 0.1) is 0 Å². The van der Waals surface area contributed by atoms with E-state index in [9.17, 15) is 19.2 Å². The number of hydrogen-bond donors (Lipinski definition) is 2. The van der Waals surface area contributed by atoms with E-state index in [0.29, 0.717) is 0 Å². The lowest BCUT2D eigenvalue weighted by Crippen LogP contribution is -2.47. The van der Waals surface area contributed by atoms with Crippen molar-refractivity contribution in [2.24, 2.45) is 0 Å². The molecule has 0 bridgehead atoms. The second-order valence-electron chi connectivity index (χ2n) is 6.33. The van der Waals surface area contributed by atoms with Crippen molar-refractivity contribution in [1.29, 1.82) is 0 Å². The van der Waals surface area contributed by atoms with Crippen molar-refractivity contribution >= 4 is 23.8 Å². The van der Waals surface area contributed by atoms with Crippen molar-refractivity contribution in [2.75, 3.05) is 13.2 Å². The first kappa shape index (κ1) is 22.6. The first-order valence-electron chi connectivity index (χ1n) is 9.46. The van der Waals surface area contributed by atoms with Crippen molar-refractivity contribution in [3.05, 3.63) is 65.7 Å². The van der Waals surface area contributed by atoms with E-state index in [1.54, 1.807) is 19.1 Å². The number of hydrogen-bond acceptors (Lipinski definition) is 6. The van der Waals surface area contributed by atoms with Crippen molar-refractivity contribution in [1.82, 2.24) is 10.6 Å². The molecule has 2 aromatic carbocycles. The fourth-order valence-corrected chi connectivity index (χ4v) is 2.69. The Balaban J connectivity index is 1.99. The molecule has 0 heterocycles. The highest BCUT2D eigenvalue weighted by Crippen LogP contribution is 2.17. The summed E-state index contributed by atoms with van der Waals surface area (Å²) in [5.41, 5.74) is 0.974. The Morgan fingerprint density at radius 3 is 2.30 bits per heavy atom. The van der Waals surface area contributed by atoms with Crippen LogP contribution in [-0.2, 0) is 25.5 Å². The lowest BCUT2D eigenvalue weighted by atomic mass is 10.1. The molecule has 1 atom stereocenters. The predicted octanol–water partition coefficient (Wildman–Crippen LogP) is 1.63. The fourth-order valence-electron chi connectivity index (χ4n) is 2.69. The molecule has 8 heteroatoms. The van der Waals surface area contributed by atoms with Crippen LogP contribution in [0.25, 0.3) is 0 Å². The summed E-state index contributed by atoms with van der Waals surface area (Å²) in [6.07, 6.45) is 0.259. The maximum Gasteiger partial charge on any atom is 0.328 e. The van der Waals surface area contributed by atoms with Crippen molar-refractivity contribution in [3.8, 4) is 5.75 Å². The molecule has 8 nitrogen and oxygen atoms in total. The van der Waals surface area contributed by atoms with Crippen LogP contribution in [0.15, 0.2) is 54.6 Å². The zero-order valence-electron chi connectivity index (χ0n) is 16.8. The summed E-state index contributed by atoms with van der Waals surface area (Å²) < 4.78 is 10.0. The Labute approximate surface area is 174 Å². The van der Waals surface area contributed by atoms with Crippen LogP contribution in [-0.4, -0.2) is 42.9 Å². The molecular formula is C22H24N2O6. The molecule has 0 saturated heterocycles. The molecule has 2 rings (SSSR count). The summed E-state index contributed by atoms with van der Waals surface area (Å²) in [6.45, 7) is 2.73.